The van der Waals surface area contributed by atoms with Crippen LogP contribution in [0.4, 0.5) is 11.4 Å². The van der Waals surface area contributed by atoms with E-state index in [0.717, 1.165) is 11.4 Å². The van der Waals surface area contributed by atoms with Gasteiger partial charge in [0.2, 0.25) is 5.91 Å². The number of hydrazine groups is 1. The number of amides is 1. The summed E-state index contributed by atoms with van der Waals surface area (Å²) in [4.78, 5) is 11.0. The predicted octanol–water partition coefficient (Wildman–Crippen LogP) is 1.32. The molecule has 0 fully saturated rings. The highest BCUT2D eigenvalue weighted by Gasteiger charge is 1.97. The van der Waals surface area contributed by atoms with E-state index < -0.39 is 0 Å². The second-order valence-corrected chi connectivity index (χ2v) is 2.62. The zero-order valence-electron chi connectivity index (χ0n) is 7.50. The standard InChI is InChI=1S/C9H13N3O/c1-2-9(13)11-7-3-5-8(12-10)6-4-7/h3-6,12H,2,10H2,1H3,(H,11,13). The van der Waals surface area contributed by atoms with Crippen molar-refractivity contribution in [2.75, 3.05) is 10.7 Å². The number of benzene rings is 1. The van der Waals surface area contributed by atoms with E-state index >= 15 is 0 Å². The first-order valence-electron chi connectivity index (χ1n) is 4.12. The Labute approximate surface area is 77.1 Å². The third-order valence-corrected chi connectivity index (χ3v) is 1.66. The number of rotatable bonds is 3. The molecule has 70 valence electrons. The molecule has 0 spiro atoms. The van der Waals surface area contributed by atoms with Crippen molar-refractivity contribution in [2.24, 2.45) is 5.84 Å². The first kappa shape index (κ1) is 9.54. The van der Waals surface area contributed by atoms with Gasteiger partial charge in [0.25, 0.3) is 0 Å². The average molecular weight is 179 g/mol. The van der Waals surface area contributed by atoms with Gasteiger partial charge in [-0.15, -0.1) is 0 Å². The predicted molar refractivity (Wildman–Crippen MR) is 53.2 cm³/mol. The molecule has 0 bridgehead atoms. The number of nitrogens with one attached hydrogen (secondary N) is 2. The van der Waals surface area contributed by atoms with Gasteiger partial charge in [-0.05, 0) is 24.3 Å². The molecule has 1 aromatic rings. The van der Waals surface area contributed by atoms with Crippen molar-refractivity contribution in [2.45, 2.75) is 13.3 Å². The van der Waals surface area contributed by atoms with Crippen LogP contribution in [0.2, 0.25) is 0 Å². The molecule has 0 radical (unpaired) electrons. The Bertz CT molecular complexity index is 281. The summed E-state index contributed by atoms with van der Waals surface area (Å²) in [6.07, 6.45) is 0.483. The minimum absolute atomic E-state index is 0.00783. The summed E-state index contributed by atoms with van der Waals surface area (Å²) in [5.74, 6) is 5.20. The molecular formula is C9H13N3O. The van der Waals surface area contributed by atoms with Gasteiger partial charge >= 0.3 is 0 Å². The summed E-state index contributed by atoms with van der Waals surface area (Å²) in [5.41, 5.74) is 4.11. The molecule has 4 nitrogen and oxygen atoms in total. The van der Waals surface area contributed by atoms with Crippen LogP contribution >= 0.6 is 0 Å². The maximum Gasteiger partial charge on any atom is 0.224 e. The first-order chi connectivity index (χ1) is 6.26. The summed E-state index contributed by atoms with van der Waals surface area (Å²) < 4.78 is 0. The number of hydrogen-bond acceptors (Lipinski definition) is 3. The molecule has 0 aromatic heterocycles. The van der Waals surface area contributed by atoms with Crippen molar-refractivity contribution in [3.8, 4) is 0 Å². The van der Waals surface area contributed by atoms with Crippen molar-refractivity contribution in [1.82, 2.24) is 0 Å². The van der Waals surface area contributed by atoms with Gasteiger partial charge in [-0.1, -0.05) is 6.92 Å². The fraction of sp³-hybridized carbons (Fsp3) is 0.222. The molecule has 0 aliphatic carbocycles. The van der Waals surface area contributed by atoms with E-state index in [1.807, 2.05) is 6.92 Å². The van der Waals surface area contributed by atoms with E-state index in [4.69, 9.17) is 5.84 Å². The zero-order chi connectivity index (χ0) is 9.68. The fourth-order valence-corrected chi connectivity index (χ4v) is 0.899. The van der Waals surface area contributed by atoms with Gasteiger partial charge in [-0.25, -0.2) is 0 Å². The lowest BCUT2D eigenvalue weighted by atomic mass is 10.3. The maximum absolute atomic E-state index is 11.0. The Morgan fingerprint density at radius 2 is 1.85 bits per heavy atom. The van der Waals surface area contributed by atoms with E-state index in [9.17, 15) is 4.79 Å². The molecule has 0 atom stereocenters. The highest BCUT2D eigenvalue weighted by Crippen LogP contribution is 2.12. The highest BCUT2D eigenvalue weighted by molar-refractivity contribution is 5.90. The number of anilines is 2. The van der Waals surface area contributed by atoms with Crippen molar-refractivity contribution in [1.29, 1.82) is 0 Å². The number of carbonyl (C=O) groups excluding carboxylic acids is 1. The lowest BCUT2D eigenvalue weighted by Crippen LogP contribution is -2.10. The first-order valence-corrected chi connectivity index (χ1v) is 4.12. The van der Waals surface area contributed by atoms with Gasteiger partial charge in [0, 0.05) is 17.8 Å². The summed E-state index contributed by atoms with van der Waals surface area (Å²) in [6, 6.07) is 7.18. The van der Waals surface area contributed by atoms with Crippen LogP contribution in [0.3, 0.4) is 0 Å². The number of nitrogen functional groups attached to an aromatic ring is 1. The normalized spacial score (nSPS) is 9.38. The summed E-state index contributed by atoms with van der Waals surface area (Å²) in [7, 11) is 0. The Balaban J connectivity index is 2.64. The van der Waals surface area contributed by atoms with Crippen LogP contribution in [0.1, 0.15) is 13.3 Å². The SMILES string of the molecule is CCC(=O)Nc1ccc(NN)cc1. The number of carbonyl (C=O) groups is 1. The molecule has 13 heavy (non-hydrogen) atoms. The lowest BCUT2D eigenvalue weighted by Gasteiger charge is -2.04. The average Bonchev–Trinajstić information content (AvgIpc) is 2.19. The molecule has 0 heterocycles. The van der Waals surface area contributed by atoms with E-state index in [0.29, 0.717) is 6.42 Å². The Morgan fingerprint density at radius 1 is 1.31 bits per heavy atom. The fourth-order valence-electron chi connectivity index (χ4n) is 0.899. The van der Waals surface area contributed by atoms with E-state index in [1.54, 1.807) is 24.3 Å². The Morgan fingerprint density at radius 3 is 2.31 bits per heavy atom. The minimum Gasteiger partial charge on any atom is -0.326 e. The number of nitrogens with two attached hydrogens (primary N) is 1. The number of hydrogen-bond donors (Lipinski definition) is 3. The van der Waals surface area contributed by atoms with Crippen LogP contribution in [-0.4, -0.2) is 5.91 Å². The van der Waals surface area contributed by atoms with Gasteiger partial charge in [0.15, 0.2) is 0 Å². The topological polar surface area (TPSA) is 67.2 Å². The van der Waals surface area contributed by atoms with E-state index in [1.165, 1.54) is 0 Å². The molecule has 0 unspecified atom stereocenters. The van der Waals surface area contributed by atoms with Crippen molar-refractivity contribution in [3.05, 3.63) is 24.3 Å². The molecule has 0 aliphatic rings. The summed E-state index contributed by atoms with van der Waals surface area (Å²) in [6.45, 7) is 1.81. The van der Waals surface area contributed by atoms with Crippen LogP contribution in [0.5, 0.6) is 0 Å². The Hall–Kier alpha value is -1.55. The molecule has 1 amide bonds. The minimum atomic E-state index is 0.00783. The lowest BCUT2D eigenvalue weighted by molar-refractivity contribution is -0.115. The van der Waals surface area contributed by atoms with Crippen molar-refractivity contribution >= 4 is 17.3 Å². The zero-order valence-corrected chi connectivity index (χ0v) is 7.50. The van der Waals surface area contributed by atoms with Gasteiger partial charge < -0.3 is 10.7 Å². The van der Waals surface area contributed by atoms with Crippen LogP contribution in [0.15, 0.2) is 24.3 Å². The third kappa shape index (κ3) is 2.76. The van der Waals surface area contributed by atoms with Gasteiger partial charge in [-0.2, -0.15) is 0 Å². The molecule has 0 saturated carbocycles. The van der Waals surface area contributed by atoms with Crippen LogP contribution in [-0.2, 0) is 4.79 Å². The summed E-state index contributed by atoms with van der Waals surface area (Å²) >= 11 is 0. The van der Waals surface area contributed by atoms with Crippen molar-refractivity contribution in [3.63, 3.8) is 0 Å². The van der Waals surface area contributed by atoms with Crippen LogP contribution < -0.4 is 16.6 Å². The molecule has 0 saturated heterocycles. The van der Waals surface area contributed by atoms with E-state index in [2.05, 4.69) is 10.7 Å². The molecule has 4 N–H and O–H groups in total. The largest absolute Gasteiger partial charge is 0.326 e. The quantitative estimate of drug-likeness (QED) is 0.484. The highest BCUT2D eigenvalue weighted by atomic mass is 16.1. The van der Waals surface area contributed by atoms with Gasteiger partial charge in [-0.3, -0.25) is 10.6 Å². The molecular weight excluding hydrogens is 166 g/mol. The molecule has 1 aromatic carbocycles. The molecule has 1 rings (SSSR count). The van der Waals surface area contributed by atoms with Gasteiger partial charge in [0.05, 0.1) is 0 Å². The van der Waals surface area contributed by atoms with Crippen LogP contribution in [0.25, 0.3) is 0 Å². The van der Waals surface area contributed by atoms with Crippen LogP contribution in [0, 0.1) is 0 Å². The monoisotopic (exact) mass is 179 g/mol. The van der Waals surface area contributed by atoms with E-state index in [-0.39, 0.29) is 5.91 Å². The van der Waals surface area contributed by atoms with Gasteiger partial charge in [0.1, 0.15) is 0 Å². The molecule has 0 aliphatic heterocycles. The smallest absolute Gasteiger partial charge is 0.224 e. The Kier molecular flexibility index (Phi) is 3.28. The molecule has 4 heteroatoms. The second kappa shape index (κ2) is 4.47. The second-order valence-electron chi connectivity index (χ2n) is 2.62. The van der Waals surface area contributed by atoms with Crippen molar-refractivity contribution < 1.29 is 4.79 Å². The maximum atomic E-state index is 11.0. The third-order valence-electron chi connectivity index (χ3n) is 1.66. The summed E-state index contributed by atoms with van der Waals surface area (Å²) in [5, 5.41) is 2.74.